The van der Waals surface area contributed by atoms with E-state index in [1.54, 1.807) is 11.3 Å². The van der Waals surface area contributed by atoms with Gasteiger partial charge in [-0.15, -0.1) is 11.3 Å². The van der Waals surface area contributed by atoms with E-state index in [2.05, 4.69) is 57.6 Å². The van der Waals surface area contributed by atoms with E-state index in [1.165, 1.54) is 0 Å². The first-order valence-corrected chi connectivity index (χ1v) is 8.66. The van der Waals surface area contributed by atoms with Gasteiger partial charge < -0.3 is 0 Å². The number of carbonyl (C=O) groups is 1. The third kappa shape index (κ3) is 3.99. The predicted molar refractivity (Wildman–Crippen MR) is 90.7 cm³/mol. The van der Waals surface area contributed by atoms with Crippen molar-refractivity contribution in [1.82, 2.24) is 4.98 Å². The van der Waals surface area contributed by atoms with Crippen LogP contribution in [0.1, 0.15) is 41.8 Å². The van der Waals surface area contributed by atoms with E-state index in [-0.39, 0.29) is 11.2 Å². The summed E-state index contributed by atoms with van der Waals surface area (Å²) in [6, 6.07) is 5.59. The first-order chi connectivity index (χ1) is 9.25. The zero-order valence-corrected chi connectivity index (χ0v) is 15.5. The van der Waals surface area contributed by atoms with Crippen molar-refractivity contribution >= 4 is 49.0 Å². The number of carbonyl (C=O) groups excluding carboxylic acids is 1. The molecule has 1 aromatic carbocycles. The van der Waals surface area contributed by atoms with Crippen LogP contribution in [0.15, 0.2) is 32.5 Å². The average Bonchev–Trinajstić information content (AvgIpc) is 2.75. The summed E-state index contributed by atoms with van der Waals surface area (Å²) in [6.07, 6.45) is 0.351. The van der Waals surface area contributed by atoms with Crippen LogP contribution in [0.5, 0.6) is 0 Å². The molecule has 0 N–H and O–H groups in total. The van der Waals surface area contributed by atoms with Gasteiger partial charge in [-0.3, -0.25) is 4.79 Å². The number of ketones is 1. The third-order valence-electron chi connectivity index (χ3n) is 2.82. The number of nitrogens with zero attached hydrogens (tertiary/aromatic N) is 1. The highest BCUT2D eigenvalue weighted by Gasteiger charge is 2.18. The first kappa shape index (κ1) is 15.9. The molecule has 106 valence electrons. The van der Waals surface area contributed by atoms with E-state index in [9.17, 15) is 4.79 Å². The minimum absolute atomic E-state index is 0.0244. The molecule has 0 atom stereocenters. The van der Waals surface area contributed by atoms with E-state index >= 15 is 0 Å². The molecule has 2 rings (SSSR count). The summed E-state index contributed by atoms with van der Waals surface area (Å²) < 4.78 is 1.79. The highest BCUT2D eigenvalue weighted by Crippen LogP contribution is 2.25. The van der Waals surface area contributed by atoms with Gasteiger partial charge in [-0.25, -0.2) is 4.98 Å². The maximum atomic E-state index is 12.3. The van der Waals surface area contributed by atoms with Crippen molar-refractivity contribution in [2.45, 2.75) is 32.6 Å². The molecule has 0 radical (unpaired) electrons. The molecule has 1 heterocycles. The fourth-order valence-corrected chi connectivity index (χ4v) is 4.00. The van der Waals surface area contributed by atoms with Gasteiger partial charge in [0, 0.05) is 25.3 Å². The van der Waals surface area contributed by atoms with Crippen LogP contribution < -0.4 is 0 Å². The van der Waals surface area contributed by atoms with Gasteiger partial charge in [0.05, 0.1) is 12.1 Å². The van der Waals surface area contributed by atoms with Gasteiger partial charge in [-0.1, -0.05) is 52.6 Å². The molecule has 0 bridgehead atoms. The van der Waals surface area contributed by atoms with Crippen molar-refractivity contribution in [3.05, 3.63) is 48.8 Å². The molecule has 0 saturated carbocycles. The molecule has 2 aromatic rings. The summed E-state index contributed by atoms with van der Waals surface area (Å²) in [6.45, 7) is 6.37. The smallest absolute Gasteiger partial charge is 0.169 e. The number of thiazole rings is 1. The standard InChI is InChI=1S/C15H15Br2NOS/c1-15(2,3)13-8-20-14(18-13)7-12(19)9-4-10(16)6-11(17)5-9/h4-6,8H,7H2,1-3H3. The monoisotopic (exact) mass is 415 g/mol. The lowest BCUT2D eigenvalue weighted by atomic mass is 9.93. The van der Waals surface area contributed by atoms with E-state index in [1.807, 2.05) is 23.6 Å². The third-order valence-corrected chi connectivity index (χ3v) is 4.58. The second-order valence-corrected chi connectivity index (χ2v) is 8.41. The summed E-state index contributed by atoms with van der Waals surface area (Å²) in [4.78, 5) is 16.9. The SMILES string of the molecule is CC(C)(C)c1csc(CC(=O)c2cc(Br)cc(Br)c2)n1. The first-order valence-electron chi connectivity index (χ1n) is 6.20. The number of hydrogen-bond donors (Lipinski definition) is 0. The van der Waals surface area contributed by atoms with Crippen LogP contribution in [-0.4, -0.2) is 10.8 Å². The zero-order valence-electron chi connectivity index (χ0n) is 11.5. The molecule has 20 heavy (non-hydrogen) atoms. The Morgan fingerprint density at radius 2 is 1.80 bits per heavy atom. The van der Waals surface area contributed by atoms with Crippen LogP contribution >= 0.6 is 43.2 Å². The Morgan fingerprint density at radius 1 is 1.20 bits per heavy atom. The molecule has 0 aliphatic carbocycles. The van der Waals surface area contributed by atoms with Crippen molar-refractivity contribution in [3.63, 3.8) is 0 Å². The van der Waals surface area contributed by atoms with Gasteiger partial charge >= 0.3 is 0 Å². The largest absolute Gasteiger partial charge is 0.294 e. The van der Waals surface area contributed by atoms with Crippen molar-refractivity contribution < 1.29 is 4.79 Å². The second kappa shape index (κ2) is 6.08. The van der Waals surface area contributed by atoms with Crippen molar-refractivity contribution in [1.29, 1.82) is 0 Å². The minimum atomic E-state index is 0.0244. The Balaban J connectivity index is 2.17. The van der Waals surface area contributed by atoms with Crippen LogP contribution in [0.2, 0.25) is 0 Å². The molecule has 0 aliphatic rings. The number of benzene rings is 1. The molecular formula is C15H15Br2NOS. The van der Waals surface area contributed by atoms with E-state index in [0.29, 0.717) is 12.0 Å². The molecule has 2 nitrogen and oxygen atoms in total. The van der Waals surface area contributed by atoms with Gasteiger partial charge in [0.25, 0.3) is 0 Å². The minimum Gasteiger partial charge on any atom is -0.294 e. The van der Waals surface area contributed by atoms with Crippen LogP contribution in [0.4, 0.5) is 0 Å². The van der Waals surface area contributed by atoms with Crippen molar-refractivity contribution in [2.24, 2.45) is 0 Å². The lowest BCUT2D eigenvalue weighted by Crippen LogP contribution is -2.12. The van der Waals surface area contributed by atoms with Gasteiger partial charge in [0.1, 0.15) is 5.01 Å². The fraction of sp³-hybridized carbons (Fsp3) is 0.333. The summed E-state index contributed by atoms with van der Waals surface area (Å²) >= 11 is 8.36. The molecule has 0 saturated heterocycles. The maximum absolute atomic E-state index is 12.3. The Kier molecular flexibility index (Phi) is 4.82. The molecular weight excluding hydrogens is 402 g/mol. The number of hydrogen-bond acceptors (Lipinski definition) is 3. The van der Waals surface area contributed by atoms with Gasteiger partial charge in [-0.05, 0) is 18.2 Å². The second-order valence-electron chi connectivity index (χ2n) is 5.63. The lowest BCUT2D eigenvalue weighted by Gasteiger charge is -2.14. The van der Waals surface area contributed by atoms with Gasteiger partial charge in [-0.2, -0.15) is 0 Å². The van der Waals surface area contributed by atoms with Gasteiger partial charge in [0.15, 0.2) is 5.78 Å². The lowest BCUT2D eigenvalue weighted by molar-refractivity contribution is 0.0992. The molecule has 0 amide bonds. The number of halogens is 2. The number of Topliss-reactive ketones (excluding diaryl/α,β-unsaturated/α-hetero) is 1. The van der Waals surface area contributed by atoms with E-state index < -0.39 is 0 Å². The molecule has 0 spiro atoms. The van der Waals surface area contributed by atoms with Crippen LogP contribution in [-0.2, 0) is 11.8 Å². The van der Waals surface area contributed by atoms with Crippen molar-refractivity contribution in [2.75, 3.05) is 0 Å². The Morgan fingerprint density at radius 3 is 2.30 bits per heavy atom. The quantitative estimate of drug-likeness (QED) is 0.627. The highest BCUT2D eigenvalue weighted by molar-refractivity contribution is 9.11. The van der Waals surface area contributed by atoms with Crippen LogP contribution in [0, 0.1) is 0 Å². The molecule has 0 aliphatic heterocycles. The Labute approximate surface area is 139 Å². The average molecular weight is 417 g/mol. The molecule has 1 aromatic heterocycles. The van der Waals surface area contributed by atoms with Gasteiger partial charge in [0.2, 0.25) is 0 Å². The Hall–Kier alpha value is -0.520. The normalized spacial score (nSPS) is 11.7. The number of aromatic nitrogens is 1. The zero-order chi connectivity index (χ0) is 14.9. The van der Waals surface area contributed by atoms with E-state index in [0.717, 1.165) is 19.6 Å². The molecule has 5 heteroatoms. The summed E-state index contributed by atoms with van der Waals surface area (Å²) in [7, 11) is 0. The number of rotatable bonds is 3. The van der Waals surface area contributed by atoms with E-state index in [4.69, 9.17) is 0 Å². The fourth-order valence-electron chi connectivity index (χ4n) is 1.69. The summed E-state index contributed by atoms with van der Waals surface area (Å²) in [5.41, 5.74) is 1.76. The van der Waals surface area contributed by atoms with Crippen LogP contribution in [0.25, 0.3) is 0 Å². The van der Waals surface area contributed by atoms with Crippen molar-refractivity contribution in [3.8, 4) is 0 Å². The predicted octanol–water partition coefficient (Wildman–Crippen LogP) is 5.39. The molecule has 0 fully saturated rings. The Bertz CT molecular complexity index is 623. The van der Waals surface area contributed by atoms with Crippen LogP contribution in [0.3, 0.4) is 0 Å². The maximum Gasteiger partial charge on any atom is 0.169 e. The highest BCUT2D eigenvalue weighted by atomic mass is 79.9. The summed E-state index contributed by atoms with van der Waals surface area (Å²) in [5, 5.41) is 2.91. The summed E-state index contributed by atoms with van der Waals surface area (Å²) in [5.74, 6) is 0.0850. The molecule has 0 unspecified atom stereocenters. The topological polar surface area (TPSA) is 30.0 Å².